The highest BCUT2D eigenvalue weighted by Gasteiger charge is 2.54. The number of β-amino-alcohol motifs (C(OH)–C–C–N with tert-alkyl or cyclic N) is 1. The van der Waals surface area contributed by atoms with E-state index < -0.39 is 46.3 Å². The number of ether oxygens (including phenoxy) is 1. The number of piperazine rings is 1. The van der Waals surface area contributed by atoms with E-state index in [0.29, 0.717) is 58.7 Å². The fourth-order valence-electron chi connectivity index (χ4n) is 9.59. The monoisotopic (exact) mass is 1020 g/mol. The largest absolute Gasteiger partial charge is 0.495 e. The minimum absolute atomic E-state index is 0.0505. The number of anilines is 3. The van der Waals surface area contributed by atoms with E-state index in [9.17, 15) is 24.3 Å². The molecule has 8 rings (SSSR count). The SMILES string of the molecule is CNc1nc(Nc2ccc(C(=O)N3CCN(CC4CCC(CSC(C)(C)[C@H](NC(=O)C5(F)CC5)C(=O)N5C[C@H](O)CC5C(=O)NCc5ccc(-c6scnc6C)cc5)CC4)CC3)cc2OC)ncc1Cl. The molecule has 0 radical (unpaired) electrons. The zero-order chi connectivity index (χ0) is 49.7. The van der Waals surface area contributed by atoms with Crippen LogP contribution in [0.4, 0.5) is 21.8 Å². The molecule has 376 valence electrons. The summed E-state index contributed by atoms with van der Waals surface area (Å²) in [5, 5.41) is 23.0. The van der Waals surface area contributed by atoms with Crippen LogP contribution in [0.5, 0.6) is 5.75 Å². The van der Waals surface area contributed by atoms with Crippen LogP contribution in [0.25, 0.3) is 10.4 Å². The zero-order valence-corrected chi connectivity index (χ0v) is 42.8. The Morgan fingerprint density at radius 1 is 1.03 bits per heavy atom. The van der Waals surface area contributed by atoms with Crippen molar-refractivity contribution in [1.29, 1.82) is 0 Å². The van der Waals surface area contributed by atoms with E-state index in [1.54, 1.807) is 55.5 Å². The number of hydrogen-bond donors (Lipinski definition) is 5. The van der Waals surface area contributed by atoms with Gasteiger partial charge in [0.1, 0.15) is 28.7 Å². The van der Waals surface area contributed by atoms with Crippen molar-refractivity contribution in [3.8, 4) is 16.2 Å². The summed E-state index contributed by atoms with van der Waals surface area (Å²) < 4.78 is 19.9. The van der Waals surface area contributed by atoms with Gasteiger partial charge in [0.2, 0.25) is 17.8 Å². The first-order valence-corrected chi connectivity index (χ1v) is 26.3. The number of halogens is 2. The molecule has 16 nitrogen and oxygen atoms in total. The number of hydrogen-bond acceptors (Lipinski definition) is 14. The average molecular weight is 1020 g/mol. The van der Waals surface area contributed by atoms with Crippen LogP contribution >= 0.6 is 34.7 Å². The summed E-state index contributed by atoms with van der Waals surface area (Å²) in [7, 11) is 3.28. The number of benzene rings is 2. The fraction of sp³-hybridized carbons (Fsp3) is 0.540. The van der Waals surface area contributed by atoms with Crippen LogP contribution < -0.4 is 26.0 Å². The number of thiazole rings is 1. The molecule has 2 aliphatic carbocycles. The highest BCUT2D eigenvalue weighted by atomic mass is 35.5. The van der Waals surface area contributed by atoms with Gasteiger partial charge in [-0.05, 0) is 106 Å². The first-order chi connectivity index (χ1) is 33.5. The number of aliphatic hydroxyl groups is 1. The van der Waals surface area contributed by atoms with Gasteiger partial charge >= 0.3 is 0 Å². The highest BCUT2D eigenvalue weighted by molar-refractivity contribution is 8.00. The number of thioether (sulfide) groups is 1. The number of rotatable bonds is 18. The Bertz CT molecular complexity index is 2510. The van der Waals surface area contributed by atoms with E-state index in [-0.39, 0.29) is 38.3 Å². The Hall–Kier alpha value is -5.08. The Morgan fingerprint density at radius 3 is 2.40 bits per heavy atom. The van der Waals surface area contributed by atoms with Crippen LogP contribution in [0.2, 0.25) is 5.02 Å². The van der Waals surface area contributed by atoms with Crippen molar-refractivity contribution in [2.24, 2.45) is 11.8 Å². The Morgan fingerprint density at radius 2 is 1.74 bits per heavy atom. The number of nitrogens with zero attached hydrogens (tertiary/aromatic N) is 6. The van der Waals surface area contributed by atoms with Crippen LogP contribution in [0.1, 0.15) is 80.4 Å². The molecule has 4 heterocycles. The molecule has 4 fully saturated rings. The summed E-state index contributed by atoms with van der Waals surface area (Å²) in [6.07, 6.45) is 5.01. The van der Waals surface area contributed by atoms with E-state index in [1.807, 2.05) is 55.4 Å². The third kappa shape index (κ3) is 12.1. The number of alkyl halides is 1. The number of aromatic nitrogens is 3. The van der Waals surface area contributed by atoms with Crippen molar-refractivity contribution >= 4 is 75.8 Å². The van der Waals surface area contributed by atoms with Gasteiger partial charge in [-0.1, -0.05) is 35.9 Å². The van der Waals surface area contributed by atoms with Gasteiger partial charge < -0.3 is 40.9 Å². The molecule has 0 spiro atoms. The third-order valence-corrected chi connectivity index (χ3v) is 17.0. The summed E-state index contributed by atoms with van der Waals surface area (Å²) in [5.74, 6) is 1.24. The van der Waals surface area contributed by atoms with Gasteiger partial charge in [-0.25, -0.2) is 14.4 Å². The lowest BCUT2D eigenvalue weighted by molar-refractivity contribution is -0.143. The molecule has 4 aliphatic rings. The van der Waals surface area contributed by atoms with Gasteiger partial charge in [-0.2, -0.15) is 16.7 Å². The van der Waals surface area contributed by atoms with Gasteiger partial charge in [-0.3, -0.25) is 24.1 Å². The molecule has 1 unspecified atom stereocenters. The van der Waals surface area contributed by atoms with Crippen molar-refractivity contribution in [2.75, 3.05) is 69.8 Å². The maximum Gasteiger partial charge on any atom is 0.258 e. The number of carbonyl (C=O) groups excluding carboxylic acids is 4. The summed E-state index contributed by atoms with van der Waals surface area (Å²) in [4.78, 5) is 74.9. The maximum absolute atomic E-state index is 15.2. The summed E-state index contributed by atoms with van der Waals surface area (Å²) >= 11 is 9.30. The fourth-order valence-corrected chi connectivity index (χ4v) is 11.9. The second-order valence-electron chi connectivity index (χ2n) is 19.5. The normalized spacial score (nSPS) is 21.7. The van der Waals surface area contributed by atoms with Gasteiger partial charge in [0, 0.05) is 69.6 Å². The topological polar surface area (TPSA) is 194 Å². The van der Waals surface area contributed by atoms with Crippen molar-refractivity contribution in [3.63, 3.8) is 0 Å². The number of aryl methyl sites for hydroxylation is 1. The Labute approximate surface area is 422 Å². The van der Waals surface area contributed by atoms with Crippen LogP contribution in [-0.2, 0) is 20.9 Å². The van der Waals surface area contributed by atoms with E-state index in [4.69, 9.17) is 16.3 Å². The first-order valence-electron chi connectivity index (χ1n) is 24.1. The van der Waals surface area contributed by atoms with E-state index in [2.05, 4.69) is 41.1 Å². The molecule has 2 saturated heterocycles. The van der Waals surface area contributed by atoms with Crippen LogP contribution in [-0.4, -0.2) is 146 Å². The molecule has 2 aromatic carbocycles. The lowest BCUT2D eigenvalue weighted by Crippen LogP contribution is -2.61. The van der Waals surface area contributed by atoms with Crippen LogP contribution in [0.3, 0.4) is 0 Å². The minimum Gasteiger partial charge on any atom is -0.495 e. The summed E-state index contributed by atoms with van der Waals surface area (Å²) in [6.45, 7) is 9.71. The number of amides is 4. The number of aliphatic hydroxyl groups excluding tert-OH is 1. The van der Waals surface area contributed by atoms with Gasteiger partial charge in [0.25, 0.3) is 11.8 Å². The predicted molar refractivity (Wildman–Crippen MR) is 272 cm³/mol. The van der Waals surface area contributed by atoms with Crippen molar-refractivity contribution in [3.05, 3.63) is 76.0 Å². The van der Waals surface area contributed by atoms with Gasteiger partial charge in [0.05, 0.1) is 41.2 Å². The lowest BCUT2D eigenvalue weighted by atomic mass is 9.82. The smallest absolute Gasteiger partial charge is 0.258 e. The quantitative estimate of drug-likeness (QED) is 0.0708. The molecule has 4 aromatic rings. The predicted octanol–water partition coefficient (Wildman–Crippen LogP) is 6.70. The van der Waals surface area contributed by atoms with Gasteiger partial charge in [-0.15, -0.1) is 11.3 Å². The molecule has 2 aromatic heterocycles. The molecule has 4 amide bonds. The first kappa shape index (κ1) is 51.3. The average Bonchev–Trinajstić information content (AvgIpc) is 3.77. The van der Waals surface area contributed by atoms with Crippen LogP contribution in [0.15, 0.2) is 54.2 Å². The lowest BCUT2D eigenvalue weighted by Gasteiger charge is -2.40. The molecule has 0 bridgehead atoms. The second-order valence-corrected chi connectivity index (χ2v) is 22.5. The van der Waals surface area contributed by atoms with E-state index in [1.165, 1.54) is 11.1 Å². The Balaban J connectivity index is 0.808. The van der Waals surface area contributed by atoms with Gasteiger partial charge in [0.15, 0.2) is 5.67 Å². The number of carbonyl (C=O) groups is 4. The zero-order valence-electron chi connectivity index (χ0n) is 40.4. The molecule has 3 atom stereocenters. The number of likely N-dealkylation sites (tertiary alicyclic amines) is 1. The van der Waals surface area contributed by atoms with E-state index in [0.717, 1.165) is 72.8 Å². The van der Waals surface area contributed by atoms with Crippen LogP contribution in [0, 0.1) is 18.8 Å². The molecular formula is C50H64ClFN10O6S2. The van der Waals surface area contributed by atoms with Crippen molar-refractivity contribution in [1.82, 2.24) is 40.3 Å². The molecule has 70 heavy (non-hydrogen) atoms. The molecular weight excluding hydrogens is 955 g/mol. The number of nitrogens with one attached hydrogen (secondary N) is 4. The molecule has 20 heteroatoms. The maximum atomic E-state index is 15.2. The van der Waals surface area contributed by atoms with Crippen molar-refractivity contribution in [2.45, 2.75) is 101 Å². The molecule has 2 saturated carbocycles. The van der Waals surface area contributed by atoms with E-state index >= 15 is 4.39 Å². The third-order valence-electron chi connectivity index (χ3n) is 14.1. The summed E-state index contributed by atoms with van der Waals surface area (Å²) in [5.41, 5.74) is 3.84. The molecule has 2 aliphatic heterocycles. The number of methoxy groups -OCH3 is 1. The van der Waals surface area contributed by atoms with Crippen molar-refractivity contribution < 1.29 is 33.4 Å². The minimum atomic E-state index is -2.00. The summed E-state index contributed by atoms with van der Waals surface area (Å²) in [6, 6.07) is 11.1. The highest BCUT2D eigenvalue weighted by Crippen LogP contribution is 2.42. The second kappa shape index (κ2) is 22.1. The standard InChI is InChI=1S/C50H64ClFN10O6S2/c1-30-41(69-29-56-30)34-12-10-31(11-13-34)24-54-44(64)39-23-36(63)27-62(39)46(66)42(58-47(67)50(52)16-17-50)49(2,3)70-28-33-8-6-32(7-9-33)26-60-18-20-61(21-19-60)45(65)35-14-15-38(40(22-35)68-5)57-48-55-25-37(51)43(53-4)59-48/h10-15,22,25,29,32-33,36,39,42,63H,6-9,16-21,23-24,26-28H2,1-5H3,(H,54,64)(H,58,67)(H2,53,55,57,59)/t32?,33?,36-,39?,42-/m1/s1. The molecule has 5 N–H and O–H groups in total. The Kier molecular flexibility index (Phi) is 16.2.